The van der Waals surface area contributed by atoms with Crippen molar-refractivity contribution in [1.82, 2.24) is 0 Å². The molecule has 0 saturated carbocycles. The summed E-state index contributed by atoms with van der Waals surface area (Å²) in [6.45, 7) is 0.424. The number of aliphatic hydroxyl groups excluding tert-OH is 2. The quantitative estimate of drug-likeness (QED) is 0.728. The van der Waals surface area contributed by atoms with Gasteiger partial charge in [0, 0.05) is 25.0 Å². The molecule has 0 aliphatic heterocycles. The molecule has 0 unspecified atom stereocenters. The summed E-state index contributed by atoms with van der Waals surface area (Å²) < 4.78 is 0. The van der Waals surface area contributed by atoms with Gasteiger partial charge in [0.1, 0.15) is 0 Å². The van der Waals surface area contributed by atoms with E-state index in [0.717, 1.165) is 0 Å². The van der Waals surface area contributed by atoms with E-state index in [1.54, 1.807) is 0 Å². The number of hydrogen-bond acceptors (Lipinski definition) is 2. The van der Waals surface area contributed by atoms with Gasteiger partial charge in [-0.3, -0.25) is 0 Å². The number of hydrogen-bond donors (Lipinski definition) is 2. The molecule has 0 radical (unpaired) electrons. The van der Waals surface area contributed by atoms with Crippen LogP contribution in [-0.4, -0.2) is 35.2 Å². The number of rotatable bonds is 4. The fourth-order valence-corrected chi connectivity index (χ4v) is 0.359. The zero-order valence-corrected chi connectivity index (χ0v) is 13.8. The molecule has 0 heterocycles. The third-order valence-corrected chi connectivity index (χ3v) is 1.12. The standard InChI is InChI=1S/2C3H7ClO.3ClH.Zr/c2*4-2-1-3-5;;;;/h2*5H,1-3H2;3*1H;/q;;;;;+3/p-3. The Bertz CT molecular complexity index is 66.5. The van der Waals surface area contributed by atoms with Gasteiger partial charge in [0.2, 0.25) is 0 Å². The summed E-state index contributed by atoms with van der Waals surface area (Å²) in [5.74, 6) is 1.13. The van der Waals surface area contributed by atoms with Crippen molar-refractivity contribution in [3.8, 4) is 0 Å². The Hall–Kier alpha value is 2.25. The van der Waals surface area contributed by atoms with Gasteiger partial charge in [0.15, 0.2) is 0 Å². The molecule has 0 rings (SSSR count). The average Bonchev–Trinajstić information content (AvgIpc) is 2.07. The summed E-state index contributed by atoms with van der Waals surface area (Å²) in [4.78, 5) is 0. The molecule has 89 valence electrons. The topological polar surface area (TPSA) is 40.5 Å². The second-order valence-electron chi connectivity index (χ2n) is 1.75. The van der Waals surface area contributed by atoms with Crippen LogP contribution in [-0.2, 0) is 18.2 Å². The molecule has 0 aliphatic carbocycles. The fraction of sp³-hybridized carbons (Fsp3) is 1.00. The van der Waals surface area contributed by atoms with Gasteiger partial charge in [-0.15, -0.1) is 23.2 Å². The molecule has 8 heteroatoms. The molecule has 2 nitrogen and oxygen atoms in total. The van der Waals surface area contributed by atoms with Crippen LogP contribution in [0.4, 0.5) is 0 Å². The Labute approximate surface area is 114 Å². The first kappa shape index (κ1) is 21.5. The third kappa shape index (κ3) is 64.0. The van der Waals surface area contributed by atoms with E-state index in [0.29, 0.717) is 24.6 Å². The van der Waals surface area contributed by atoms with Crippen molar-refractivity contribution >= 4 is 48.7 Å². The zero-order chi connectivity index (χ0) is 11.8. The van der Waals surface area contributed by atoms with Gasteiger partial charge in [0.05, 0.1) is 0 Å². The van der Waals surface area contributed by atoms with Crippen molar-refractivity contribution in [3.63, 3.8) is 0 Å². The van der Waals surface area contributed by atoms with E-state index in [1.807, 2.05) is 0 Å². The van der Waals surface area contributed by atoms with Crippen LogP contribution >= 0.6 is 48.7 Å². The molecule has 0 aromatic heterocycles. The monoisotopic (exact) mass is 383 g/mol. The van der Waals surface area contributed by atoms with Gasteiger partial charge < -0.3 is 10.2 Å². The maximum atomic E-state index is 7.98. The summed E-state index contributed by atoms with van der Waals surface area (Å²) in [5, 5.41) is 16.0. The van der Waals surface area contributed by atoms with E-state index < -0.39 is 18.2 Å². The average molecular weight is 387 g/mol. The van der Waals surface area contributed by atoms with Crippen LogP contribution in [0.2, 0.25) is 0 Å². The van der Waals surface area contributed by atoms with Crippen molar-refractivity contribution in [2.75, 3.05) is 25.0 Å². The van der Waals surface area contributed by atoms with Crippen LogP contribution in [0.1, 0.15) is 12.8 Å². The van der Waals surface area contributed by atoms with Crippen LogP contribution in [0, 0.1) is 0 Å². The van der Waals surface area contributed by atoms with E-state index in [9.17, 15) is 0 Å². The molecule has 2 N–H and O–H groups in total. The molecule has 0 aliphatic rings. The molecule has 0 atom stereocenters. The molecule has 14 heavy (non-hydrogen) atoms. The Balaban J connectivity index is -0.000000131. The number of alkyl halides is 2. The molecule has 0 saturated heterocycles. The summed E-state index contributed by atoms with van der Waals surface area (Å²) in [5.41, 5.74) is 0. The second-order valence-corrected chi connectivity index (χ2v) is 13.7. The van der Waals surface area contributed by atoms with Crippen LogP contribution in [0.15, 0.2) is 0 Å². The van der Waals surface area contributed by atoms with Crippen LogP contribution in [0.3, 0.4) is 0 Å². The van der Waals surface area contributed by atoms with E-state index in [1.165, 1.54) is 0 Å². The third-order valence-electron chi connectivity index (χ3n) is 0.583. The summed E-state index contributed by atoms with van der Waals surface area (Å²) in [7, 11) is 15.0. The Morgan fingerprint density at radius 1 is 0.786 bits per heavy atom. The normalized spacial score (nSPS) is 7.93. The van der Waals surface area contributed by atoms with Gasteiger partial charge in [-0.05, 0) is 12.8 Å². The zero-order valence-electron chi connectivity index (χ0n) is 7.53. The first-order chi connectivity index (χ1) is 6.56. The molecular formula is C6H14Cl5O2Zr. The first-order valence-electron chi connectivity index (χ1n) is 3.73. The first-order valence-corrected chi connectivity index (χ1v) is 14.3. The molecule has 0 bridgehead atoms. The SMILES string of the molecule is OCCCCl.OCCCCl.[Cl][Zr]([Cl])[Cl]. The predicted octanol–water partition coefficient (Wildman–Crippen LogP) is 3.28. The van der Waals surface area contributed by atoms with Crippen molar-refractivity contribution in [1.29, 1.82) is 0 Å². The van der Waals surface area contributed by atoms with E-state index in [2.05, 4.69) is 0 Å². The van der Waals surface area contributed by atoms with Crippen LogP contribution < -0.4 is 0 Å². The summed E-state index contributed by atoms with van der Waals surface area (Å²) >= 11 is 8.16. The van der Waals surface area contributed by atoms with E-state index in [4.69, 9.17) is 59.0 Å². The Morgan fingerprint density at radius 3 is 1.00 bits per heavy atom. The summed E-state index contributed by atoms with van der Waals surface area (Å²) in [6.07, 6.45) is 1.42. The molecule has 0 aromatic rings. The fourth-order valence-electron chi connectivity index (χ4n) is 0.120. The minimum absolute atomic E-state index is 0.212. The van der Waals surface area contributed by atoms with Crippen LogP contribution in [0.5, 0.6) is 0 Å². The Kier molecular flexibility index (Phi) is 37.6. The Morgan fingerprint density at radius 2 is 1.00 bits per heavy atom. The number of aliphatic hydroxyl groups is 2. The van der Waals surface area contributed by atoms with Gasteiger partial charge in [-0.2, -0.15) is 0 Å². The molecule has 0 fully saturated rings. The van der Waals surface area contributed by atoms with Crippen molar-refractivity contribution < 1.29 is 28.4 Å². The van der Waals surface area contributed by atoms with Crippen molar-refractivity contribution in [3.05, 3.63) is 0 Å². The van der Waals surface area contributed by atoms with Gasteiger partial charge in [-0.25, -0.2) is 0 Å². The summed E-state index contributed by atoms with van der Waals surface area (Å²) in [6, 6.07) is 0. The van der Waals surface area contributed by atoms with Crippen molar-refractivity contribution in [2.45, 2.75) is 12.8 Å². The maximum absolute atomic E-state index is 7.98. The molecule has 0 amide bonds. The molecule has 0 spiro atoms. The van der Waals surface area contributed by atoms with Crippen molar-refractivity contribution in [2.24, 2.45) is 0 Å². The number of halogens is 5. The van der Waals surface area contributed by atoms with Gasteiger partial charge in [-0.1, -0.05) is 0 Å². The minimum atomic E-state index is -2.13. The van der Waals surface area contributed by atoms with Gasteiger partial charge in [0.25, 0.3) is 0 Å². The second kappa shape index (κ2) is 24.5. The molecule has 0 aromatic carbocycles. The molecular weight excluding hydrogens is 373 g/mol. The van der Waals surface area contributed by atoms with E-state index in [-0.39, 0.29) is 13.2 Å². The van der Waals surface area contributed by atoms with Gasteiger partial charge >= 0.3 is 43.7 Å². The van der Waals surface area contributed by atoms with Crippen LogP contribution in [0.25, 0.3) is 0 Å². The predicted molar refractivity (Wildman–Crippen MR) is 62.4 cm³/mol. The van der Waals surface area contributed by atoms with E-state index >= 15 is 0 Å².